The molecule has 0 aliphatic heterocycles. The number of phenols is 2. The van der Waals surface area contributed by atoms with Gasteiger partial charge in [0.05, 0.1) is 0 Å². The van der Waals surface area contributed by atoms with Crippen LogP contribution in [-0.2, 0) is 34.7 Å². The van der Waals surface area contributed by atoms with E-state index in [9.17, 15) is 10.2 Å². The van der Waals surface area contributed by atoms with Crippen molar-refractivity contribution in [2.45, 2.75) is 118 Å². The Balaban J connectivity index is 1.77. The van der Waals surface area contributed by atoms with Gasteiger partial charge in [-0.1, -0.05) is 132 Å². The average Bonchev–Trinajstić information content (AvgIpc) is 2.98. The summed E-state index contributed by atoms with van der Waals surface area (Å²) < 4.78 is 0. The number of hydrogen-bond donors (Lipinski definition) is 2. The normalized spacial score (nSPS) is 12.7. The fraction of sp³-hybridized carbons (Fsp3) is 0.455. The van der Waals surface area contributed by atoms with Crippen LogP contribution in [0.25, 0.3) is 0 Å². The Kier molecular flexibility index (Phi) is 10.7. The molecule has 0 aromatic heterocycles. The van der Waals surface area contributed by atoms with Crippen molar-refractivity contribution in [1.82, 2.24) is 0 Å². The van der Waals surface area contributed by atoms with Crippen molar-refractivity contribution >= 4 is 11.4 Å². The van der Waals surface area contributed by atoms with Gasteiger partial charge in [-0.25, -0.2) is 0 Å². The van der Waals surface area contributed by atoms with Gasteiger partial charge in [-0.2, -0.15) is 0 Å². The molecule has 0 radical (unpaired) electrons. The predicted molar refractivity (Wildman–Crippen MR) is 206 cm³/mol. The number of hydrogen-bond acceptors (Lipinski definition) is 4. The maximum atomic E-state index is 11.7. The van der Waals surface area contributed by atoms with Gasteiger partial charge >= 0.3 is 0 Å². The lowest BCUT2D eigenvalue weighted by Gasteiger charge is -2.33. The molecule has 0 bridgehead atoms. The molecule has 4 nitrogen and oxygen atoms in total. The van der Waals surface area contributed by atoms with Crippen molar-refractivity contribution in [3.63, 3.8) is 0 Å². The minimum absolute atomic E-state index is 0.0559. The van der Waals surface area contributed by atoms with Crippen molar-refractivity contribution < 1.29 is 10.2 Å². The molecule has 258 valence electrons. The van der Waals surface area contributed by atoms with Gasteiger partial charge in [0, 0.05) is 48.7 Å². The van der Waals surface area contributed by atoms with Crippen LogP contribution in [-0.4, -0.2) is 23.3 Å². The van der Waals surface area contributed by atoms with Gasteiger partial charge < -0.3 is 20.0 Å². The summed E-state index contributed by atoms with van der Waals surface area (Å²) in [4.78, 5) is 4.74. The van der Waals surface area contributed by atoms with Crippen molar-refractivity contribution in [1.29, 1.82) is 0 Å². The van der Waals surface area contributed by atoms with Gasteiger partial charge in [0.25, 0.3) is 0 Å². The number of benzene rings is 4. The van der Waals surface area contributed by atoms with Crippen LogP contribution in [0.15, 0.2) is 84.9 Å². The molecule has 0 heterocycles. The number of para-hydroxylation sites is 2. The van der Waals surface area contributed by atoms with Crippen LogP contribution in [0.1, 0.15) is 116 Å². The Morgan fingerprint density at radius 1 is 0.438 bits per heavy atom. The minimum Gasteiger partial charge on any atom is -0.507 e. The lowest BCUT2D eigenvalue weighted by molar-refractivity contribution is 0.435. The van der Waals surface area contributed by atoms with Crippen molar-refractivity contribution in [3.05, 3.63) is 118 Å². The summed E-state index contributed by atoms with van der Waals surface area (Å²) in [6.45, 7) is 29.0. The first kappa shape index (κ1) is 36.9. The van der Waals surface area contributed by atoms with E-state index >= 15 is 0 Å². The lowest BCUT2D eigenvalue weighted by atomic mass is 9.79. The van der Waals surface area contributed by atoms with Crippen LogP contribution in [0.5, 0.6) is 11.5 Å². The summed E-state index contributed by atoms with van der Waals surface area (Å²) in [6.07, 6.45) is 0. The highest BCUT2D eigenvalue weighted by Crippen LogP contribution is 2.40. The Bertz CT molecular complexity index is 1540. The van der Waals surface area contributed by atoms with Crippen LogP contribution < -0.4 is 9.80 Å². The molecular formula is C44H60N2O2. The molecule has 0 aliphatic carbocycles. The zero-order chi connectivity index (χ0) is 35.7. The molecule has 0 spiro atoms. The lowest BCUT2D eigenvalue weighted by Crippen LogP contribution is -2.35. The second-order valence-electron chi connectivity index (χ2n) is 17.6. The molecule has 0 saturated heterocycles. The van der Waals surface area contributed by atoms with E-state index < -0.39 is 0 Å². The second kappa shape index (κ2) is 13.9. The van der Waals surface area contributed by atoms with Crippen molar-refractivity contribution in [3.8, 4) is 11.5 Å². The Hall–Kier alpha value is -3.92. The summed E-state index contributed by atoms with van der Waals surface area (Å²) in [5.74, 6) is 0.768. The van der Waals surface area contributed by atoms with Gasteiger partial charge in [-0.3, -0.25) is 0 Å². The highest BCUT2D eigenvalue weighted by molar-refractivity contribution is 5.55. The largest absolute Gasteiger partial charge is 0.507 e. The Morgan fingerprint density at radius 3 is 1.02 bits per heavy atom. The van der Waals surface area contributed by atoms with E-state index in [-0.39, 0.29) is 21.7 Å². The first-order chi connectivity index (χ1) is 22.2. The smallest absolute Gasteiger partial charge is 0.124 e. The molecular weight excluding hydrogens is 588 g/mol. The molecule has 0 fully saturated rings. The molecule has 4 rings (SSSR count). The summed E-state index contributed by atoms with van der Waals surface area (Å²) in [7, 11) is 0. The predicted octanol–water partition coefficient (Wildman–Crippen LogP) is 11.0. The zero-order valence-corrected chi connectivity index (χ0v) is 31.7. The molecule has 0 unspecified atom stereocenters. The van der Waals surface area contributed by atoms with Crippen LogP contribution in [0, 0.1) is 0 Å². The van der Waals surface area contributed by atoms with Crippen LogP contribution in [0.2, 0.25) is 0 Å². The van der Waals surface area contributed by atoms with Gasteiger partial charge in [0.2, 0.25) is 0 Å². The summed E-state index contributed by atoms with van der Waals surface area (Å²) in [5, 5.41) is 23.4. The van der Waals surface area contributed by atoms with Crippen LogP contribution in [0.4, 0.5) is 11.4 Å². The molecule has 0 aliphatic rings. The number of nitrogens with zero attached hydrogens (tertiary/aromatic N) is 2. The van der Waals surface area contributed by atoms with E-state index in [2.05, 4.69) is 166 Å². The van der Waals surface area contributed by atoms with Gasteiger partial charge in [-0.15, -0.1) is 0 Å². The fourth-order valence-corrected chi connectivity index (χ4v) is 6.17. The topological polar surface area (TPSA) is 46.9 Å². The van der Waals surface area contributed by atoms with Crippen molar-refractivity contribution in [2.24, 2.45) is 0 Å². The molecule has 48 heavy (non-hydrogen) atoms. The molecule has 2 N–H and O–H groups in total. The first-order valence-corrected chi connectivity index (χ1v) is 17.5. The van der Waals surface area contributed by atoms with Gasteiger partial charge in [0.1, 0.15) is 11.5 Å². The Labute approximate surface area is 291 Å². The summed E-state index contributed by atoms with van der Waals surface area (Å²) in [5.41, 5.74) is 7.99. The highest BCUT2D eigenvalue weighted by atomic mass is 16.3. The summed E-state index contributed by atoms with van der Waals surface area (Å²) >= 11 is 0. The molecule has 0 saturated carbocycles. The maximum Gasteiger partial charge on any atom is 0.124 e. The molecule has 4 heteroatoms. The number of anilines is 2. The van der Waals surface area contributed by atoms with E-state index in [1.807, 2.05) is 12.1 Å². The number of rotatable bonds is 9. The van der Waals surface area contributed by atoms with Crippen molar-refractivity contribution in [2.75, 3.05) is 22.9 Å². The van der Waals surface area contributed by atoms with E-state index in [1.54, 1.807) is 0 Å². The molecule has 4 aromatic carbocycles. The maximum absolute atomic E-state index is 11.7. The number of aromatic hydroxyl groups is 2. The third-order valence-corrected chi connectivity index (χ3v) is 9.33. The Morgan fingerprint density at radius 2 is 0.750 bits per heavy atom. The van der Waals surface area contributed by atoms with E-state index in [4.69, 9.17) is 0 Å². The zero-order valence-electron chi connectivity index (χ0n) is 31.7. The van der Waals surface area contributed by atoms with Crippen LogP contribution >= 0.6 is 0 Å². The SMILES string of the molecule is CC(C)(C)c1cc(CN(CCN(Cc2cc(C(C)(C)C)cc(C(C)(C)C)c2O)c2ccccc2)c2ccccc2)c(O)c(C(C)(C)C)c1. The number of phenolic OH excluding ortho intramolecular Hbond substituents is 2. The van der Waals surface area contributed by atoms with E-state index in [0.29, 0.717) is 24.6 Å². The average molecular weight is 649 g/mol. The molecule has 0 atom stereocenters. The third-order valence-electron chi connectivity index (χ3n) is 9.33. The van der Waals surface area contributed by atoms with Gasteiger partial charge in [0.15, 0.2) is 0 Å². The minimum atomic E-state index is -0.197. The monoisotopic (exact) mass is 648 g/mol. The molecule has 4 aromatic rings. The quantitative estimate of drug-likeness (QED) is 0.190. The third kappa shape index (κ3) is 8.95. The summed E-state index contributed by atoms with van der Waals surface area (Å²) in [6, 6.07) is 29.8. The van der Waals surface area contributed by atoms with E-state index in [0.717, 1.165) is 46.7 Å². The second-order valence-corrected chi connectivity index (χ2v) is 17.6. The first-order valence-electron chi connectivity index (χ1n) is 17.5. The fourth-order valence-electron chi connectivity index (χ4n) is 6.17. The highest BCUT2D eigenvalue weighted by Gasteiger charge is 2.28. The van der Waals surface area contributed by atoms with Crippen LogP contribution in [0.3, 0.4) is 0 Å². The molecule has 0 amide bonds. The standard InChI is InChI=1S/C44H60N2O2/c1-41(2,3)33-25-31(39(47)37(27-33)43(7,8)9)29-45(35-19-15-13-16-20-35)23-24-46(36-21-17-14-18-22-36)30-32-26-34(42(4,5)6)28-38(40(32)48)44(10,11)12/h13-22,25-28,47-48H,23-24,29-30H2,1-12H3. The van der Waals surface area contributed by atoms with Gasteiger partial charge in [-0.05, 0) is 80.3 Å². The van der Waals surface area contributed by atoms with E-state index in [1.165, 1.54) is 11.1 Å².